The fourth-order valence-corrected chi connectivity index (χ4v) is 3.64. The van der Waals surface area contributed by atoms with Crippen molar-refractivity contribution < 1.29 is 12.9 Å². The van der Waals surface area contributed by atoms with Crippen molar-refractivity contribution >= 4 is 27.6 Å². The number of hydrogen-bond donors (Lipinski definition) is 1. The largest absolute Gasteiger partial charge is 0.360 e. The van der Waals surface area contributed by atoms with E-state index in [0.29, 0.717) is 5.76 Å². The second-order valence-electron chi connectivity index (χ2n) is 4.60. The molecule has 0 aliphatic carbocycles. The van der Waals surface area contributed by atoms with E-state index in [1.807, 2.05) is 12.1 Å². The molecule has 0 fully saturated rings. The lowest BCUT2D eigenvalue weighted by molar-refractivity contribution is 0.400. The third-order valence-corrected chi connectivity index (χ3v) is 5.24. The molecule has 0 saturated heterocycles. The molecule has 0 aliphatic rings. The zero-order valence-corrected chi connectivity index (χ0v) is 13.6. The number of hydrogen-bond acceptors (Lipinski definition) is 5. The average Bonchev–Trinajstić information content (AvgIpc) is 2.84. The highest BCUT2D eigenvalue weighted by Gasteiger charge is 2.16. The molecule has 0 atom stereocenters. The minimum Gasteiger partial charge on any atom is -0.360 e. The molecule has 7 heteroatoms. The van der Waals surface area contributed by atoms with Crippen LogP contribution in [0.1, 0.15) is 25.5 Å². The minimum absolute atomic E-state index is 0.189. The lowest BCUT2D eigenvalue weighted by atomic mass is 10.4. The molecular weight excluding hydrogens is 308 g/mol. The molecule has 0 saturated carbocycles. The van der Waals surface area contributed by atoms with Crippen molar-refractivity contribution in [3.8, 4) is 0 Å². The maximum Gasteiger partial charge on any atom is 0.263 e. The van der Waals surface area contributed by atoms with E-state index in [2.05, 4.69) is 16.8 Å². The number of aryl methyl sites for hydroxylation is 1. The van der Waals surface area contributed by atoms with Crippen molar-refractivity contribution in [2.24, 2.45) is 0 Å². The van der Waals surface area contributed by atoms with Crippen molar-refractivity contribution in [2.75, 3.05) is 10.5 Å². The van der Waals surface area contributed by atoms with Gasteiger partial charge < -0.3 is 4.52 Å². The van der Waals surface area contributed by atoms with E-state index >= 15 is 0 Å². The van der Waals surface area contributed by atoms with Gasteiger partial charge in [-0.3, -0.25) is 4.72 Å². The summed E-state index contributed by atoms with van der Waals surface area (Å²) in [5, 5.41) is 3.62. The van der Waals surface area contributed by atoms with Gasteiger partial charge in [0, 0.05) is 11.0 Å². The number of sulfonamides is 1. The summed E-state index contributed by atoms with van der Waals surface area (Å²) in [5.74, 6) is 1.78. The van der Waals surface area contributed by atoms with Gasteiger partial charge in [-0.1, -0.05) is 18.5 Å². The van der Waals surface area contributed by atoms with Crippen LogP contribution >= 0.6 is 11.8 Å². The smallest absolute Gasteiger partial charge is 0.263 e. The topological polar surface area (TPSA) is 72.2 Å². The van der Waals surface area contributed by atoms with E-state index in [1.165, 1.54) is 6.07 Å². The summed E-state index contributed by atoms with van der Waals surface area (Å²) in [6.45, 7) is 3.85. The molecular formula is C14H18N2O3S2. The molecule has 5 nitrogen and oxygen atoms in total. The maximum absolute atomic E-state index is 12.2. The molecule has 0 unspecified atom stereocenters. The van der Waals surface area contributed by atoms with Crippen LogP contribution in [-0.4, -0.2) is 19.3 Å². The predicted octanol–water partition coefficient (Wildman–Crippen LogP) is 3.68. The molecule has 1 aromatic heterocycles. The molecule has 0 bridgehead atoms. The summed E-state index contributed by atoms with van der Waals surface area (Å²) >= 11 is 1.73. The molecule has 0 radical (unpaired) electrons. The standard InChI is InChI=1S/C14H18N2O3S2/c1-3-4-9-20-12-5-7-13(8-6-12)21(17,18)16-14-10-11(2)19-15-14/h5-8,10H,3-4,9H2,1-2H3,(H,15,16). The van der Waals surface area contributed by atoms with E-state index in [4.69, 9.17) is 4.52 Å². The molecule has 1 N–H and O–H groups in total. The third kappa shape index (κ3) is 4.50. The Bertz CT molecular complexity index is 678. The third-order valence-electron chi connectivity index (χ3n) is 2.77. The van der Waals surface area contributed by atoms with Crippen LogP contribution < -0.4 is 4.72 Å². The van der Waals surface area contributed by atoms with E-state index in [1.54, 1.807) is 30.8 Å². The second kappa shape index (κ2) is 7.00. The Morgan fingerprint density at radius 1 is 1.29 bits per heavy atom. The Kier molecular flexibility index (Phi) is 5.30. The maximum atomic E-state index is 12.2. The van der Waals surface area contributed by atoms with E-state index in [-0.39, 0.29) is 10.7 Å². The monoisotopic (exact) mass is 326 g/mol. The van der Waals surface area contributed by atoms with Gasteiger partial charge in [0.1, 0.15) is 5.76 Å². The summed E-state index contributed by atoms with van der Waals surface area (Å²) in [5.41, 5.74) is 0. The van der Waals surface area contributed by atoms with Crippen LogP contribution in [0.4, 0.5) is 5.82 Å². The van der Waals surface area contributed by atoms with Crippen molar-refractivity contribution in [1.29, 1.82) is 0 Å². The Balaban J connectivity index is 2.06. The highest BCUT2D eigenvalue weighted by Crippen LogP contribution is 2.22. The second-order valence-corrected chi connectivity index (χ2v) is 7.45. The predicted molar refractivity (Wildman–Crippen MR) is 84.1 cm³/mol. The minimum atomic E-state index is -3.62. The number of thioether (sulfide) groups is 1. The van der Waals surface area contributed by atoms with Gasteiger partial charge in [-0.15, -0.1) is 11.8 Å². The SMILES string of the molecule is CCCCSc1ccc(S(=O)(=O)Nc2cc(C)on2)cc1. The molecule has 1 aromatic carbocycles. The molecule has 21 heavy (non-hydrogen) atoms. The van der Waals surface area contributed by atoms with Gasteiger partial charge in [0.15, 0.2) is 5.82 Å². The number of anilines is 1. The molecule has 114 valence electrons. The molecule has 0 spiro atoms. The van der Waals surface area contributed by atoms with Crippen molar-refractivity contribution in [2.45, 2.75) is 36.5 Å². The van der Waals surface area contributed by atoms with Gasteiger partial charge in [-0.2, -0.15) is 0 Å². The number of aromatic nitrogens is 1. The Labute approximate surface area is 129 Å². The van der Waals surface area contributed by atoms with Gasteiger partial charge in [0.2, 0.25) is 0 Å². The van der Waals surface area contributed by atoms with E-state index in [0.717, 1.165) is 23.5 Å². The zero-order valence-electron chi connectivity index (χ0n) is 12.0. The van der Waals surface area contributed by atoms with Crippen LogP contribution in [-0.2, 0) is 10.0 Å². The highest BCUT2D eigenvalue weighted by molar-refractivity contribution is 7.99. The lowest BCUT2D eigenvalue weighted by Gasteiger charge is -2.06. The first-order valence-corrected chi connectivity index (χ1v) is 9.17. The summed E-state index contributed by atoms with van der Waals surface area (Å²) < 4.78 is 31.6. The van der Waals surface area contributed by atoms with Crippen LogP contribution in [0.25, 0.3) is 0 Å². The zero-order chi connectivity index (χ0) is 15.3. The molecule has 0 amide bonds. The fourth-order valence-electron chi connectivity index (χ4n) is 1.66. The van der Waals surface area contributed by atoms with Crippen LogP contribution in [0.15, 0.2) is 44.6 Å². The van der Waals surface area contributed by atoms with Gasteiger partial charge in [0.25, 0.3) is 10.0 Å². The first kappa shape index (κ1) is 15.9. The number of nitrogens with zero attached hydrogens (tertiary/aromatic N) is 1. The number of benzene rings is 1. The summed E-state index contributed by atoms with van der Waals surface area (Å²) in [6, 6.07) is 8.38. The highest BCUT2D eigenvalue weighted by atomic mass is 32.2. The Morgan fingerprint density at radius 2 is 2.00 bits per heavy atom. The van der Waals surface area contributed by atoms with Gasteiger partial charge >= 0.3 is 0 Å². The van der Waals surface area contributed by atoms with Gasteiger partial charge in [-0.05, 0) is 43.4 Å². The molecule has 2 rings (SSSR count). The first-order valence-electron chi connectivity index (χ1n) is 6.70. The summed E-state index contributed by atoms with van der Waals surface area (Å²) in [7, 11) is -3.62. The van der Waals surface area contributed by atoms with Crippen LogP contribution in [0.3, 0.4) is 0 Å². The van der Waals surface area contributed by atoms with Gasteiger partial charge in [0.05, 0.1) is 4.90 Å². The van der Waals surface area contributed by atoms with Crippen molar-refractivity contribution in [1.82, 2.24) is 5.16 Å². The van der Waals surface area contributed by atoms with E-state index < -0.39 is 10.0 Å². The quantitative estimate of drug-likeness (QED) is 0.621. The average molecular weight is 326 g/mol. The Morgan fingerprint density at radius 3 is 2.57 bits per heavy atom. The first-order chi connectivity index (χ1) is 10.0. The molecule has 2 aromatic rings. The summed E-state index contributed by atoms with van der Waals surface area (Å²) in [6.07, 6.45) is 2.30. The van der Waals surface area contributed by atoms with Crippen LogP contribution in [0.2, 0.25) is 0 Å². The number of unbranched alkanes of at least 4 members (excludes halogenated alkanes) is 1. The normalized spacial score (nSPS) is 11.5. The van der Waals surface area contributed by atoms with E-state index in [9.17, 15) is 8.42 Å². The Hall–Kier alpha value is -1.47. The number of nitrogens with one attached hydrogen (secondary N) is 1. The summed E-state index contributed by atoms with van der Waals surface area (Å²) in [4.78, 5) is 1.28. The lowest BCUT2D eigenvalue weighted by Crippen LogP contribution is -2.12. The van der Waals surface area contributed by atoms with Crippen molar-refractivity contribution in [3.63, 3.8) is 0 Å². The van der Waals surface area contributed by atoms with Crippen LogP contribution in [0.5, 0.6) is 0 Å². The molecule has 0 aliphatic heterocycles. The van der Waals surface area contributed by atoms with Gasteiger partial charge in [-0.25, -0.2) is 8.42 Å². The number of rotatable bonds is 7. The van der Waals surface area contributed by atoms with Crippen LogP contribution in [0, 0.1) is 6.92 Å². The fraction of sp³-hybridized carbons (Fsp3) is 0.357. The van der Waals surface area contributed by atoms with Crippen molar-refractivity contribution in [3.05, 3.63) is 36.1 Å². The molecule has 1 heterocycles.